The van der Waals surface area contributed by atoms with Crippen molar-refractivity contribution in [2.45, 2.75) is 77.0 Å². The van der Waals surface area contributed by atoms with Crippen molar-refractivity contribution in [2.75, 3.05) is 29.9 Å². The van der Waals surface area contributed by atoms with Crippen LogP contribution in [0.2, 0.25) is 0 Å². The summed E-state index contributed by atoms with van der Waals surface area (Å²) in [5.41, 5.74) is 1.03. The van der Waals surface area contributed by atoms with Gasteiger partial charge in [0.25, 0.3) is 0 Å². The molecule has 4 rings (SSSR count). The molecule has 0 radical (unpaired) electrons. The fourth-order valence-electron chi connectivity index (χ4n) is 6.14. The Bertz CT molecular complexity index is 894. The van der Waals surface area contributed by atoms with Gasteiger partial charge in [-0.2, -0.15) is 0 Å². The smallest absolute Gasteiger partial charge is 0.411 e. The zero-order valence-corrected chi connectivity index (χ0v) is 19.8. The number of aliphatic hydroxyl groups excluding tert-OH is 1. The molecule has 3 saturated heterocycles. The van der Waals surface area contributed by atoms with Gasteiger partial charge in [0.2, 0.25) is 0 Å². The normalized spacial score (nSPS) is 29.3. The van der Waals surface area contributed by atoms with Gasteiger partial charge in [-0.25, -0.2) is 14.6 Å². The molecule has 3 N–H and O–H groups in total. The van der Waals surface area contributed by atoms with Crippen molar-refractivity contribution in [1.82, 2.24) is 9.88 Å². The van der Waals surface area contributed by atoms with Crippen molar-refractivity contribution >= 4 is 23.7 Å². The van der Waals surface area contributed by atoms with Crippen LogP contribution in [0, 0.1) is 18.8 Å². The third-order valence-corrected chi connectivity index (χ3v) is 7.42. The van der Waals surface area contributed by atoms with E-state index >= 15 is 0 Å². The van der Waals surface area contributed by atoms with Crippen LogP contribution in [-0.4, -0.2) is 69.7 Å². The Kier molecular flexibility index (Phi) is 6.70. The number of fused-ring (bicyclic) bond motifs is 2. The lowest BCUT2D eigenvalue weighted by atomic mass is 9.72. The molecule has 0 spiro atoms. The van der Waals surface area contributed by atoms with Crippen molar-refractivity contribution in [1.29, 1.82) is 0 Å². The summed E-state index contributed by atoms with van der Waals surface area (Å²) in [7, 11) is 0. The number of pyridine rings is 1. The molecule has 0 aromatic carbocycles. The molecule has 3 fully saturated rings. The molecule has 9 nitrogen and oxygen atoms in total. The standard InChI is InChI=1S/C24H36N4O5/c1-15(2)14-33-22(30)26-18-9-16(3)21(25-12-18)27-8-4-5-17(13-27)24-7-6-19(10-20(29)11-24)28(24)23(31)32/h9,12,15,17,19-20,29H,4-8,10-11,13-14H2,1-3H3,(H,26,30)(H,31,32). The summed E-state index contributed by atoms with van der Waals surface area (Å²) in [5.74, 6) is 1.26. The summed E-state index contributed by atoms with van der Waals surface area (Å²) in [6, 6.07) is 1.81. The van der Waals surface area contributed by atoms with Crippen molar-refractivity contribution < 1.29 is 24.5 Å². The molecule has 33 heavy (non-hydrogen) atoms. The Balaban J connectivity index is 1.48. The second-order valence-corrected chi connectivity index (χ2v) is 10.3. The minimum absolute atomic E-state index is 0.0812. The number of hydrogen-bond acceptors (Lipinski definition) is 6. The number of hydrogen-bond donors (Lipinski definition) is 3. The quantitative estimate of drug-likeness (QED) is 0.611. The zero-order chi connectivity index (χ0) is 23.8. The summed E-state index contributed by atoms with van der Waals surface area (Å²) in [6.45, 7) is 7.84. The number of aryl methyl sites for hydroxylation is 1. The molecule has 4 unspecified atom stereocenters. The van der Waals surface area contributed by atoms with Gasteiger partial charge in [-0.1, -0.05) is 13.8 Å². The van der Waals surface area contributed by atoms with Gasteiger partial charge in [-0.15, -0.1) is 0 Å². The van der Waals surface area contributed by atoms with E-state index < -0.39 is 23.8 Å². The maximum atomic E-state index is 12.2. The summed E-state index contributed by atoms with van der Waals surface area (Å²) < 4.78 is 5.18. The maximum Gasteiger partial charge on any atom is 0.411 e. The first-order valence-corrected chi connectivity index (χ1v) is 12.1. The highest BCUT2D eigenvalue weighted by Gasteiger charge is 2.57. The van der Waals surface area contributed by atoms with E-state index in [2.05, 4.69) is 15.2 Å². The van der Waals surface area contributed by atoms with Crippen LogP contribution in [0.5, 0.6) is 0 Å². The number of carbonyl (C=O) groups excluding carboxylic acids is 1. The molecule has 1 aromatic rings. The third-order valence-electron chi connectivity index (χ3n) is 7.42. The van der Waals surface area contributed by atoms with Gasteiger partial charge in [0.05, 0.1) is 30.1 Å². The van der Waals surface area contributed by atoms with Crippen molar-refractivity contribution in [3.63, 3.8) is 0 Å². The van der Waals surface area contributed by atoms with Crippen LogP contribution in [0.3, 0.4) is 0 Å². The highest BCUT2D eigenvalue weighted by atomic mass is 16.5. The number of piperidine rings is 2. The topological polar surface area (TPSA) is 115 Å². The van der Waals surface area contributed by atoms with Gasteiger partial charge in [0.1, 0.15) is 5.82 Å². The average Bonchev–Trinajstić information content (AvgIpc) is 3.02. The third kappa shape index (κ3) is 4.74. The minimum atomic E-state index is -0.865. The Labute approximate surface area is 195 Å². The lowest BCUT2D eigenvalue weighted by Gasteiger charge is -2.52. The monoisotopic (exact) mass is 460 g/mol. The average molecular weight is 461 g/mol. The maximum absolute atomic E-state index is 12.2. The van der Waals surface area contributed by atoms with E-state index in [1.807, 2.05) is 26.8 Å². The van der Waals surface area contributed by atoms with Crippen LogP contribution >= 0.6 is 0 Å². The summed E-state index contributed by atoms with van der Waals surface area (Å²) >= 11 is 0. The van der Waals surface area contributed by atoms with E-state index in [-0.39, 0.29) is 17.9 Å². The number of ether oxygens (including phenoxy) is 1. The number of aromatic nitrogens is 1. The Morgan fingerprint density at radius 1 is 1.36 bits per heavy atom. The van der Waals surface area contributed by atoms with Gasteiger partial charge in [-0.05, 0) is 63.0 Å². The molecule has 2 amide bonds. The van der Waals surface area contributed by atoms with Crippen LogP contribution in [0.4, 0.5) is 21.1 Å². The summed E-state index contributed by atoms with van der Waals surface area (Å²) in [6.07, 6.45) is 4.43. The Morgan fingerprint density at radius 3 is 2.85 bits per heavy atom. The largest absolute Gasteiger partial charge is 0.465 e. The van der Waals surface area contributed by atoms with Crippen molar-refractivity contribution in [3.05, 3.63) is 17.8 Å². The number of amides is 2. The van der Waals surface area contributed by atoms with Gasteiger partial charge < -0.3 is 19.8 Å². The van der Waals surface area contributed by atoms with Crippen LogP contribution in [0.1, 0.15) is 57.9 Å². The predicted octanol–water partition coefficient (Wildman–Crippen LogP) is 3.85. The van der Waals surface area contributed by atoms with E-state index in [1.54, 1.807) is 11.1 Å². The number of nitrogens with one attached hydrogen (secondary N) is 1. The molecular formula is C24H36N4O5. The van der Waals surface area contributed by atoms with Crippen LogP contribution < -0.4 is 10.2 Å². The van der Waals surface area contributed by atoms with E-state index in [0.717, 1.165) is 43.6 Å². The number of aliphatic hydroxyl groups is 1. The molecule has 9 heteroatoms. The highest BCUT2D eigenvalue weighted by molar-refractivity contribution is 5.84. The number of anilines is 2. The lowest BCUT2D eigenvalue weighted by molar-refractivity contribution is -0.0390. The SMILES string of the molecule is Cc1cc(NC(=O)OCC(C)C)cnc1N1CCCC(C23CCC(CC(O)C2)N3C(=O)O)C1. The summed E-state index contributed by atoms with van der Waals surface area (Å²) in [5, 5.41) is 23.2. The number of carbonyl (C=O) groups is 2. The van der Waals surface area contributed by atoms with E-state index in [1.165, 1.54) is 0 Å². The van der Waals surface area contributed by atoms with Gasteiger partial charge >= 0.3 is 12.2 Å². The van der Waals surface area contributed by atoms with Crippen LogP contribution in [0.25, 0.3) is 0 Å². The first-order valence-electron chi connectivity index (χ1n) is 12.1. The van der Waals surface area contributed by atoms with Crippen molar-refractivity contribution in [2.24, 2.45) is 11.8 Å². The molecule has 0 saturated carbocycles. The second kappa shape index (κ2) is 9.37. The van der Waals surface area contributed by atoms with Gasteiger partial charge in [0.15, 0.2) is 0 Å². The molecule has 4 atom stereocenters. The van der Waals surface area contributed by atoms with Crippen molar-refractivity contribution in [3.8, 4) is 0 Å². The fraction of sp³-hybridized carbons (Fsp3) is 0.708. The fourth-order valence-corrected chi connectivity index (χ4v) is 6.14. The second-order valence-electron chi connectivity index (χ2n) is 10.3. The molecule has 1 aromatic heterocycles. The first kappa shape index (κ1) is 23.6. The number of carboxylic acid groups (broad SMARTS) is 1. The molecule has 4 heterocycles. The number of nitrogens with zero attached hydrogens (tertiary/aromatic N) is 3. The van der Waals surface area contributed by atoms with E-state index in [0.29, 0.717) is 31.7 Å². The predicted molar refractivity (Wildman–Crippen MR) is 125 cm³/mol. The van der Waals surface area contributed by atoms with Crippen LogP contribution in [-0.2, 0) is 4.74 Å². The molecule has 182 valence electrons. The van der Waals surface area contributed by atoms with E-state index in [4.69, 9.17) is 4.74 Å². The summed E-state index contributed by atoms with van der Waals surface area (Å²) in [4.78, 5) is 32.7. The first-order chi connectivity index (χ1) is 15.7. The lowest BCUT2D eigenvalue weighted by Crippen LogP contribution is -2.62. The molecule has 3 aliphatic heterocycles. The number of rotatable bonds is 5. The minimum Gasteiger partial charge on any atom is -0.465 e. The highest BCUT2D eigenvalue weighted by Crippen LogP contribution is 2.50. The van der Waals surface area contributed by atoms with Gasteiger partial charge in [0, 0.05) is 25.0 Å². The molecule has 0 aliphatic carbocycles. The zero-order valence-electron chi connectivity index (χ0n) is 19.8. The molecule has 3 aliphatic rings. The molecule has 2 bridgehead atoms. The molecular weight excluding hydrogens is 424 g/mol. The Hall–Kier alpha value is -2.55. The Morgan fingerprint density at radius 2 is 2.15 bits per heavy atom. The van der Waals surface area contributed by atoms with Gasteiger partial charge in [-0.3, -0.25) is 10.2 Å². The van der Waals surface area contributed by atoms with E-state index in [9.17, 15) is 19.8 Å². The van der Waals surface area contributed by atoms with Crippen LogP contribution in [0.15, 0.2) is 12.3 Å².